The number of hydrogen-bond donors (Lipinski definition) is 3. The smallest absolute Gasteiger partial charge is 0.319 e. The fourth-order valence-electron chi connectivity index (χ4n) is 2.46. The van der Waals surface area contributed by atoms with Crippen LogP contribution in [0.3, 0.4) is 0 Å². The van der Waals surface area contributed by atoms with Crippen LogP contribution >= 0.6 is 11.3 Å². The first kappa shape index (κ1) is 15.0. The Morgan fingerprint density at radius 2 is 2.09 bits per heavy atom. The molecule has 4 nitrogen and oxygen atoms in total. The number of para-hydroxylation sites is 1. The summed E-state index contributed by atoms with van der Waals surface area (Å²) in [7, 11) is 0. The Labute approximate surface area is 132 Å². The molecule has 1 aliphatic rings. The number of rotatable bonds is 5. The molecule has 1 atom stereocenters. The molecule has 1 unspecified atom stereocenters. The number of thiophene rings is 1. The number of carbonyl (C=O) groups is 1. The second-order valence-corrected chi connectivity index (χ2v) is 6.41. The van der Waals surface area contributed by atoms with Crippen LogP contribution in [0.5, 0.6) is 0 Å². The van der Waals surface area contributed by atoms with E-state index in [4.69, 9.17) is 0 Å². The minimum Gasteiger partial charge on any atom is -0.382 e. The summed E-state index contributed by atoms with van der Waals surface area (Å²) in [6.45, 7) is 0.110. The van der Waals surface area contributed by atoms with E-state index >= 15 is 0 Å². The second kappa shape index (κ2) is 6.06. The Morgan fingerprint density at radius 3 is 2.73 bits per heavy atom. The lowest BCUT2D eigenvalue weighted by Crippen LogP contribution is -2.43. The molecule has 1 aromatic heterocycles. The van der Waals surface area contributed by atoms with Crippen LogP contribution in [0.1, 0.15) is 17.7 Å². The van der Waals surface area contributed by atoms with Crippen LogP contribution in [0.2, 0.25) is 0 Å². The molecule has 2 amide bonds. The van der Waals surface area contributed by atoms with E-state index in [1.165, 1.54) is 23.5 Å². The normalized spacial score (nSPS) is 16.8. The highest BCUT2D eigenvalue weighted by molar-refractivity contribution is 7.10. The van der Waals surface area contributed by atoms with E-state index < -0.39 is 17.4 Å². The number of nitrogens with one attached hydrogen (secondary N) is 2. The van der Waals surface area contributed by atoms with E-state index in [-0.39, 0.29) is 18.2 Å². The minimum atomic E-state index is -1.04. The predicted octanol–water partition coefficient (Wildman–Crippen LogP) is 3.31. The van der Waals surface area contributed by atoms with Crippen molar-refractivity contribution in [1.82, 2.24) is 5.32 Å². The van der Waals surface area contributed by atoms with Crippen LogP contribution in [0.15, 0.2) is 41.8 Å². The van der Waals surface area contributed by atoms with Gasteiger partial charge in [0.25, 0.3) is 0 Å². The first-order valence-electron chi connectivity index (χ1n) is 7.15. The minimum absolute atomic E-state index is 0.110. The van der Waals surface area contributed by atoms with Gasteiger partial charge in [0.2, 0.25) is 0 Å². The van der Waals surface area contributed by atoms with E-state index in [9.17, 15) is 14.3 Å². The Balaban J connectivity index is 1.63. The van der Waals surface area contributed by atoms with Gasteiger partial charge in [-0.2, -0.15) is 0 Å². The van der Waals surface area contributed by atoms with Gasteiger partial charge < -0.3 is 15.7 Å². The molecule has 2 aromatic rings. The van der Waals surface area contributed by atoms with Gasteiger partial charge >= 0.3 is 6.03 Å². The number of aliphatic hydroxyl groups is 1. The van der Waals surface area contributed by atoms with Crippen LogP contribution in [0.25, 0.3) is 0 Å². The SMILES string of the molecule is O=C(NCC(O)(c1cccs1)C1CC1)Nc1ccccc1F. The van der Waals surface area contributed by atoms with Crippen molar-refractivity contribution < 1.29 is 14.3 Å². The van der Waals surface area contributed by atoms with E-state index in [0.29, 0.717) is 0 Å². The maximum atomic E-state index is 13.5. The summed E-state index contributed by atoms with van der Waals surface area (Å²) in [5, 5.41) is 17.9. The third kappa shape index (κ3) is 3.13. The van der Waals surface area contributed by atoms with Gasteiger partial charge in [0.05, 0.1) is 12.2 Å². The second-order valence-electron chi connectivity index (χ2n) is 5.46. The number of halogens is 1. The molecule has 1 fully saturated rings. The number of carbonyl (C=O) groups excluding carboxylic acids is 1. The largest absolute Gasteiger partial charge is 0.382 e. The quantitative estimate of drug-likeness (QED) is 0.791. The first-order chi connectivity index (χ1) is 10.6. The molecular weight excluding hydrogens is 303 g/mol. The number of urea groups is 1. The van der Waals surface area contributed by atoms with E-state index in [1.54, 1.807) is 12.1 Å². The Kier molecular flexibility index (Phi) is 4.13. The highest BCUT2D eigenvalue weighted by Crippen LogP contribution is 2.46. The monoisotopic (exact) mass is 320 g/mol. The van der Waals surface area contributed by atoms with Crippen molar-refractivity contribution in [2.24, 2.45) is 5.92 Å². The molecular formula is C16H17FN2O2S. The van der Waals surface area contributed by atoms with Crippen molar-refractivity contribution in [1.29, 1.82) is 0 Å². The molecule has 1 aliphatic carbocycles. The van der Waals surface area contributed by atoms with Gasteiger partial charge in [0, 0.05) is 4.88 Å². The maximum absolute atomic E-state index is 13.5. The van der Waals surface area contributed by atoms with Crippen molar-refractivity contribution in [2.45, 2.75) is 18.4 Å². The van der Waals surface area contributed by atoms with Crippen molar-refractivity contribution in [3.8, 4) is 0 Å². The zero-order valence-corrected chi connectivity index (χ0v) is 12.7. The van der Waals surface area contributed by atoms with Gasteiger partial charge in [-0.1, -0.05) is 18.2 Å². The van der Waals surface area contributed by atoms with E-state index in [1.807, 2.05) is 17.5 Å². The predicted molar refractivity (Wildman–Crippen MR) is 84.4 cm³/mol. The van der Waals surface area contributed by atoms with Crippen LogP contribution in [0, 0.1) is 11.7 Å². The lowest BCUT2D eigenvalue weighted by molar-refractivity contribution is 0.0200. The summed E-state index contributed by atoms with van der Waals surface area (Å²) < 4.78 is 13.5. The molecule has 22 heavy (non-hydrogen) atoms. The lowest BCUT2D eigenvalue weighted by atomic mass is 9.96. The summed E-state index contributed by atoms with van der Waals surface area (Å²) in [6, 6.07) is 9.20. The Bertz CT molecular complexity index is 658. The van der Waals surface area contributed by atoms with Crippen molar-refractivity contribution in [3.05, 3.63) is 52.5 Å². The van der Waals surface area contributed by atoms with Crippen molar-refractivity contribution >= 4 is 23.1 Å². The summed E-state index contributed by atoms with van der Waals surface area (Å²) in [5.74, 6) is -0.326. The highest BCUT2D eigenvalue weighted by atomic mass is 32.1. The van der Waals surface area contributed by atoms with Gasteiger partial charge in [-0.15, -0.1) is 11.3 Å². The molecule has 0 bridgehead atoms. The molecule has 0 aliphatic heterocycles. The average Bonchev–Trinajstić information content (AvgIpc) is 3.22. The van der Waals surface area contributed by atoms with Crippen molar-refractivity contribution in [2.75, 3.05) is 11.9 Å². The highest BCUT2D eigenvalue weighted by Gasteiger charge is 2.45. The molecule has 116 valence electrons. The van der Waals surface area contributed by atoms with E-state index in [0.717, 1.165) is 17.7 Å². The number of amides is 2. The maximum Gasteiger partial charge on any atom is 0.319 e. The van der Waals surface area contributed by atoms with Gasteiger partial charge in [-0.3, -0.25) is 0 Å². The molecule has 1 aromatic carbocycles. The zero-order valence-electron chi connectivity index (χ0n) is 11.9. The summed E-state index contributed by atoms with van der Waals surface area (Å²) in [6.07, 6.45) is 1.90. The Morgan fingerprint density at radius 1 is 1.32 bits per heavy atom. The van der Waals surface area contributed by atoms with Crippen molar-refractivity contribution in [3.63, 3.8) is 0 Å². The van der Waals surface area contributed by atoms with Crippen LogP contribution in [-0.2, 0) is 5.60 Å². The lowest BCUT2D eigenvalue weighted by Gasteiger charge is -2.27. The fraction of sp³-hybridized carbons (Fsp3) is 0.312. The molecule has 1 saturated carbocycles. The third-order valence-electron chi connectivity index (χ3n) is 3.84. The number of benzene rings is 1. The summed E-state index contributed by atoms with van der Waals surface area (Å²) in [5.41, 5.74) is -0.924. The van der Waals surface area contributed by atoms with Crippen LogP contribution < -0.4 is 10.6 Å². The molecule has 0 saturated heterocycles. The fourth-order valence-corrected chi connectivity index (χ4v) is 3.37. The summed E-state index contributed by atoms with van der Waals surface area (Å²) in [4.78, 5) is 12.8. The molecule has 6 heteroatoms. The topological polar surface area (TPSA) is 61.4 Å². The van der Waals surface area contributed by atoms with Gasteiger partial charge in [-0.25, -0.2) is 9.18 Å². The standard InChI is InChI=1S/C16H17FN2O2S/c17-12-4-1-2-5-13(12)19-15(20)18-10-16(21,11-7-8-11)14-6-3-9-22-14/h1-6,9,11,21H,7-8,10H2,(H2,18,19,20). The Hall–Kier alpha value is -1.92. The zero-order chi connectivity index (χ0) is 15.6. The first-order valence-corrected chi connectivity index (χ1v) is 8.03. The van der Waals surface area contributed by atoms with Gasteiger partial charge in [0.15, 0.2) is 0 Å². The molecule has 3 rings (SSSR count). The van der Waals surface area contributed by atoms with Crippen LogP contribution in [0.4, 0.5) is 14.9 Å². The molecule has 0 radical (unpaired) electrons. The van der Waals surface area contributed by atoms with E-state index in [2.05, 4.69) is 10.6 Å². The average molecular weight is 320 g/mol. The van der Waals surface area contributed by atoms with Gasteiger partial charge in [0.1, 0.15) is 11.4 Å². The number of hydrogen-bond acceptors (Lipinski definition) is 3. The molecule has 1 heterocycles. The molecule has 3 N–H and O–H groups in total. The van der Waals surface area contributed by atoms with Crippen LogP contribution in [-0.4, -0.2) is 17.7 Å². The summed E-state index contributed by atoms with van der Waals surface area (Å²) >= 11 is 1.47. The van der Waals surface area contributed by atoms with Gasteiger partial charge in [-0.05, 0) is 42.3 Å². The molecule has 0 spiro atoms. The number of anilines is 1. The third-order valence-corrected chi connectivity index (χ3v) is 4.88.